The number of carbonyl (C=O) groups excluding carboxylic acids is 2. The molecule has 28 heavy (non-hydrogen) atoms. The van der Waals surface area contributed by atoms with Gasteiger partial charge in [0.05, 0.1) is 18.5 Å². The molecule has 7 nitrogen and oxygen atoms in total. The molecule has 3 rings (SSSR count). The van der Waals surface area contributed by atoms with E-state index in [1.54, 1.807) is 24.3 Å². The topological polar surface area (TPSA) is 96.4 Å². The number of hydrogen-bond donors (Lipinski definition) is 1. The van der Waals surface area contributed by atoms with Crippen LogP contribution in [0, 0.1) is 6.92 Å². The zero-order valence-electron chi connectivity index (χ0n) is 15.3. The van der Waals surface area contributed by atoms with Gasteiger partial charge in [-0.25, -0.2) is 13.4 Å². The summed E-state index contributed by atoms with van der Waals surface area (Å²) in [5.74, 6) is -1.35. The summed E-state index contributed by atoms with van der Waals surface area (Å²) in [5, 5.41) is 2.64. The zero-order valence-corrected chi connectivity index (χ0v) is 16.1. The lowest BCUT2D eigenvalue weighted by atomic mass is 9.99. The number of benzene rings is 1. The average Bonchev–Trinajstić information content (AvgIpc) is 2.90. The van der Waals surface area contributed by atoms with E-state index in [2.05, 4.69) is 17.2 Å². The van der Waals surface area contributed by atoms with E-state index in [0.717, 1.165) is 9.87 Å². The summed E-state index contributed by atoms with van der Waals surface area (Å²) in [5.41, 5.74) is 0.750. The fourth-order valence-corrected chi connectivity index (χ4v) is 4.47. The first kappa shape index (κ1) is 20.2. The second-order valence-electron chi connectivity index (χ2n) is 6.64. The van der Waals surface area contributed by atoms with Gasteiger partial charge in [-0.15, -0.1) is 0 Å². The van der Waals surface area contributed by atoms with Crippen molar-refractivity contribution in [3.05, 3.63) is 67.2 Å². The first-order chi connectivity index (χ1) is 13.4. The maximum atomic E-state index is 12.7. The minimum absolute atomic E-state index is 0.0906. The summed E-state index contributed by atoms with van der Waals surface area (Å²) in [6, 6.07) is 13.0. The van der Waals surface area contributed by atoms with Crippen molar-refractivity contribution in [3.8, 4) is 0 Å². The van der Waals surface area contributed by atoms with Crippen molar-refractivity contribution in [1.29, 1.82) is 0 Å². The molecule has 0 bridgehead atoms. The molecule has 0 spiro atoms. The standard InChI is InChI=1S/C20H22N3O4S/c1-15(16-8-3-2-4-9-16)20(25)22-17-10-7-13-23(14-18(17)24)28(26,27)19-11-5-6-12-21-19/h2-6,8-9,11-12,15,17H,1,7,10,13-14H2,(H,22,25)/t15-,17?/m0/s1. The predicted molar refractivity (Wildman–Crippen MR) is 104 cm³/mol. The van der Waals surface area contributed by atoms with Gasteiger partial charge < -0.3 is 5.32 Å². The third-order valence-corrected chi connectivity index (χ3v) is 6.46. The first-order valence-electron chi connectivity index (χ1n) is 9.02. The van der Waals surface area contributed by atoms with Crippen LogP contribution in [0.4, 0.5) is 0 Å². The third-order valence-electron chi connectivity index (χ3n) is 4.70. The van der Waals surface area contributed by atoms with E-state index in [4.69, 9.17) is 0 Å². The molecule has 2 atom stereocenters. The molecule has 1 aliphatic heterocycles. The predicted octanol–water partition coefficient (Wildman–Crippen LogP) is 1.54. The Morgan fingerprint density at radius 1 is 1.18 bits per heavy atom. The van der Waals surface area contributed by atoms with Gasteiger partial charge in [-0.05, 0) is 37.5 Å². The molecule has 147 valence electrons. The van der Waals surface area contributed by atoms with Crippen LogP contribution in [0.2, 0.25) is 0 Å². The Morgan fingerprint density at radius 3 is 2.57 bits per heavy atom. The molecule has 1 N–H and O–H groups in total. The molecule has 2 aromatic rings. The molecular formula is C20H22N3O4S. The van der Waals surface area contributed by atoms with Crippen LogP contribution >= 0.6 is 0 Å². The van der Waals surface area contributed by atoms with Crippen LogP contribution in [-0.2, 0) is 19.6 Å². The van der Waals surface area contributed by atoms with Crippen molar-refractivity contribution >= 4 is 21.7 Å². The van der Waals surface area contributed by atoms with Gasteiger partial charge in [0.15, 0.2) is 10.8 Å². The van der Waals surface area contributed by atoms with Crippen molar-refractivity contribution in [2.75, 3.05) is 13.1 Å². The molecule has 1 fully saturated rings. The van der Waals surface area contributed by atoms with Crippen LogP contribution < -0.4 is 5.32 Å². The number of nitrogens with zero attached hydrogens (tertiary/aromatic N) is 2. The van der Waals surface area contributed by atoms with Gasteiger partial charge in [-0.3, -0.25) is 9.59 Å². The number of aromatic nitrogens is 1. The number of amides is 1. The summed E-state index contributed by atoms with van der Waals surface area (Å²) in [4.78, 5) is 29.0. The van der Waals surface area contributed by atoms with Crippen molar-refractivity contribution in [2.24, 2.45) is 0 Å². The van der Waals surface area contributed by atoms with Crippen LogP contribution in [0.1, 0.15) is 24.3 Å². The van der Waals surface area contributed by atoms with Crippen molar-refractivity contribution in [3.63, 3.8) is 0 Å². The molecule has 1 amide bonds. The van der Waals surface area contributed by atoms with Crippen LogP contribution in [0.5, 0.6) is 0 Å². The highest BCUT2D eigenvalue weighted by atomic mass is 32.2. The molecule has 1 aromatic carbocycles. The van der Waals surface area contributed by atoms with Crippen LogP contribution in [0.25, 0.3) is 0 Å². The minimum Gasteiger partial charge on any atom is -0.346 e. The number of Topliss-reactive ketones (excluding diaryl/α,β-unsaturated/α-hetero) is 1. The van der Waals surface area contributed by atoms with Gasteiger partial charge in [0, 0.05) is 12.7 Å². The lowest BCUT2D eigenvalue weighted by Gasteiger charge is -2.20. The number of carbonyl (C=O) groups is 2. The Hall–Kier alpha value is -2.58. The van der Waals surface area contributed by atoms with E-state index in [1.807, 2.05) is 18.2 Å². The highest BCUT2D eigenvalue weighted by molar-refractivity contribution is 7.89. The van der Waals surface area contributed by atoms with E-state index in [0.29, 0.717) is 12.8 Å². The van der Waals surface area contributed by atoms with Crippen molar-refractivity contribution in [1.82, 2.24) is 14.6 Å². The third kappa shape index (κ3) is 4.45. The van der Waals surface area contributed by atoms with Crippen molar-refractivity contribution < 1.29 is 18.0 Å². The molecule has 1 radical (unpaired) electrons. The smallest absolute Gasteiger partial charge is 0.260 e. The summed E-state index contributed by atoms with van der Waals surface area (Å²) < 4.78 is 26.6. The molecule has 0 saturated carbocycles. The van der Waals surface area contributed by atoms with E-state index >= 15 is 0 Å². The van der Waals surface area contributed by atoms with E-state index in [1.165, 1.54) is 12.3 Å². The quantitative estimate of drug-likeness (QED) is 0.821. The fraction of sp³-hybridized carbons (Fsp3) is 0.300. The SMILES string of the molecule is [CH2][C@H](C(=O)NC1CCCN(S(=O)(=O)c2ccccn2)CC1=O)c1ccccc1. The molecule has 1 saturated heterocycles. The number of pyridine rings is 1. The monoisotopic (exact) mass is 400 g/mol. The number of ketones is 1. The molecule has 0 aliphatic carbocycles. The van der Waals surface area contributed by atoms with Gasteiger partial charge in [0.1, 0.15) is 0 Å². The Labute approximate surface area is 164 Å². The Kier molecular flexibility index (Phi) is 6.21. The van der Waals surface area contributed by atoms with Gasteiger partial charge in [0.25, 0.3) is 10.0 Å². The maximum Gasteiger partial charge on any atom is 0.260 e. The minimum atomic E-state index is -3.85. The maximum absolute atomic E-state index is 12.7. The summed E-state index contributed by atoms with van der Waals surface area (Å²) in [6.07, 6.45) is 2.23. The average molecular weight is 400 g/mol. The largest absolute Gasteiger partial charge is 0.346 e. The highest BCUT2D eigenvalue weighted by Gasteiger charge is 2.34. The van der Waals surface area contributed by atoms with Gasteiger partial charge in [-0.2, -0.15) is 4.31 Å². The summed E-state index contributed by atoms with van der Waals surface area (Å²) in [7, 11) is -3.85. The van der Waals surface area contributed by atoms with Crippen LogP contribution in [-0.4, -0.2) is 48.5 Å². The van der Waals surface area contributed by atoms with E-state index < -0.39 is 22.0 Å². The molecule has 1 unspecified atom stereocenters. The first-order valence-corrected chi connectivity index (χ1v) is 10.5. The summed E-state index contributed by atoms with van der Waals surface area (Å²) in [6.45, 7) is 3.78. The van der Waals surface area contributed by atoms with Gasteiger partial charge in [-0.1, -0.05) is 36.4 Å². The van der Waals surface area contributed by atoms with Crippen molar-refractivity contribution in [2.45, 2.75) is 29.8 Å². The molecular weight excluding hydrogens is 378 g/mol. The lowest BCUT2D eigenvalue weighted by molar-refractivity contribution is -0.128. The van der Waals surface area contributed by atoms with Crippen LogP contribution in [0.15, 0.2) is 59.8 Å². The highest BCUT2D eigenvalue weighted by Crippen LogP contribution is 2.19. The number of rotatable bonds is 5. The van der Waals surface area contributed by atoms with E-state index in [9.17, 15) is 18.0 Å². The number of hydrogen-bond acceptors (Lipinski definition) is 5. The fourth-order valence-electron chi connectivity index (χ4n) is 3.09. The molecule has 2 heterocycles. The second-order valence-corrected chi connectivity index (χ2v) is 8.52. The van der Waals surface area contributed by atoms with Crippen LogP contribution in [0.3, 0.4) is 0 Å². The summed E-state index contributed by atoms with van der Waals surface area (Å²) >= 11 is 0. The Morgan fingerprint density at radius 2 is 1.89 bits per heavy atom. The van der Waals surface area contributed by atoms with Gasteiger partial charge in [0.2, 0.25) is 5.91 Å². The molecule has 1 aliphatic rings. The molecule has 8 heteroatoms. The van der Waals surface area contributed by atoms with Gasteiger partial charge >= 0.3 is 0 Å². The Balaban J connectivity index is 1.68. The number of sulfonamides is 1. The Bertz CT molecular complexity index is 932. The normalized spacial score (nSPS) is 19.6. The zero-order chi connectivity index (χ0) is 20.1. The number of nitrogens with one attached hydrogen (secondary N) is 1. The second kappa shape index (κ2) is 8.62. The van der Waals surface area contributed by atoms with E-state index in [-0.39, 0.29) is 29.8 Å². The molecule has 1 aromatic heterocycles. The lowest BCUT2D eigenvalue weighted by Crippen LogP contribution is -2.45.